The van der Waals surface area contributed by atoms with E-state index in [9.17, 15) is 9.18 Å². The van der Waals surface area contributed by atoms with Gasteiger partial charge in [0.15, 0.2) is 0 Å². The number of halogens is 1. The number of rotatable bonds is 4. The lowest BCUT2D eigenvalue weighted by Gasteiger charge is -2.41. The van der Waals surface area contributed by atoms with Crippen LogP contribution in [0.5, 0.6) is 0 Å². The Morgan fingerprint density at radius 2 is 2.04 bits per heavy atom. The Kier molecular flexibility index (Phi) is 6.16. The number of carbonyl (C=O) groups is 1. The molecule has 2 amide bonds. The highest BCUT2D eigenvalue weighted by molar-refractivity contribution is 5.75. The fourth-order valence-electron chi connectivity index (χ4n) is 5.33. The Bertz CT molecular complexity index is 668. The lowest BCUT2D eigenvalue weighted by Crippen LogP contribution is -2.57. The van der Waals surface area contributed by atoms with Crippen molar-refractivity contribution in [2.24, 2.45) is 5.92 Å². The van der Waals surface area contributed by atoms with Crippen molar-refractivity contribution in [2.75, 3.05) is 26.9 Å². The van der Waals surface area contributed by atoms with Crippen LogP contribution in [0.25, 0.3) is 0 Å². The van der Waals surface area contributed by atoms with E-state index < -0.39 is 0 Å². The molecule has 2 aliphatic carbocycles. The van der Waals surface area contributed by atoms with Gasteiger partial charge in [0.2, 0.25) is 0 Å². The zero-order valence-electron chi connectivity index (χ0n) is 16.6. The average Bonchev–Trinajstić information content (AvgIpc) is 3.38. The predicted octanol–water partition coefficient (Wildman–Crippen LogP) is 3.69. The normalized spacial score (nSPS) is 33.2. The molecule has 0 spiro atoms. The second-order valence-electron chi connectivity index (χ2n) is 8.41. The largest absolute Gasteiger partial charge is 0.381 e. The van der Waals surface area contributed by atoms with Crippen molar-refractivity contribution in [1.82, 2.24) is 10.2 Å². The molecule has 2 saturated carbocycles. The second-order valence-corrected chi connectivity index (χ2v) is 8.41. The van der Waals surface area contributed by atoms with Crippen molar-refractivity contribution < 1.29 is 18.7 Å². The highest BCUT2D eigenvalue weighted by Gasteiger charge is 2.41. The monoisotopic (exact) mass is 390 g/mol. The van der Waals surface area contributed by atoms with E-state index in [2.05, 4.69) is 5.32 Å². The third kappa shape index (κ3) is 4.18. The number of hydrogen-bond donors (Lipinski definition) is 1. The van der Waals surface area contributed by atoms with Crippen LogP contribution >= 0.6 is 0 Å². The van der Waals surface area contributed by atoms with E-state index in [1.54, 1.807) is 7.11 Å². The molecular formula is C22H31FN2O3. The van der Waals surface area contributed by atoms with E-state index >= 15 is 0 Å². The van der Waals surface area contributed by atoms with E-state index in [-0.39, 0.29) is 30.0 Å². The number of carbonyl (C=O) groups excluding carboxylic acids is 1. The van der Waals surface area contributed by atoms with Crippen molar-refractivity contribution in [3.63, 3.8) is 0 Å². The smallest absolute Gasteiger partial charge is 0.318 e. The summed E-state index contributed by atoms with van der Waals surface area (Å²) in [6, 6.07) is 7.07. The van der Waals surface area contributed by atoms with E-state index in [0.717, 1.165) is 44.1 Å². The molecule has 5 unspecified atom stereocenters. The highest BCUT2D eigenvalue weighted by atomic mass is 19.1. The zero-order chi connectivity index (χ0) is 19.5. The number of benzene rings is 1. The minimum atomic E-state index is -0.203. The van der Waals surface area contributed by atoms with Crippen molar-refractivity contribution >= 4 is 6.03 Å². The maximum absolute atomic E-state index is 13.2. The van der Waals surface area contributed by atoms with Gasteiger partial charge in [-0.1, -0.05) is 18.6 Å². The first kappa shape index (κ1) is 19.6. The molecular weight excluding hydrogens is 359 g/mol. The molecule has 1 heterocycles. The van der Waals surface area contributed by atoms with Gasteiger partial charge in [-0.2, -0.15) is 0 Å². The second kappa shape index (κ2) is 8.78. The highest BCUT2D eigenvalue weighted by Crippen LogP contribution is 2.36. The summed E-state index contributed by atoms with van der Waals surface area (Å²) in [5.41, 5.74) is 1.16. The van der Waals surface area contributed by atoms with E-state index in [0.29, 0.717) is 31.6 Å². The van der Waals surface area contributed by atoms with Crippen LogP contribution in [0.1, 0.15) is 50.0 Å². The number of morpholine rings is 1. The Hall–Kier alpha value is -1.66. The maximum Gasteiger partial charge on any atom is 0.318 e. The van der Waals surface area contributed by atoms with Gasteiger partial charge < -0.3 is 19.7 Å². The quantitative estimate of drug-likeness (QED) is 0.853. The first-order valence-corrected chi connectivity index (χ1v) is 10.6. The third-order valence-corrected chi connectivity index (χ3v) is 6.83. The maximum atomic E-state index is 13.2. The molecule has 28 heavy (non-hydrogen) atoms. The van der Waals surface area contributed by atoms with E-state index in [4.69, 9.17) is 9.47 Å². The summed E-state index contributed by atoms with van der Waals surface area (Å²) in [4.78, 5) is 15.1. The summed E-state index contributed by atoms with van der Waals surface area (Å²) < 4.78 is 24.5. The van der Waals surface area contributed by atoms with Crippen molar-refractivity contribution in [1.29, 1.82) is 0 Å². The summed E-state index contributed by atoms with van der Waals surface area (Å²) in [6.07, 6.45) is 6.43. The predicted molar refractivity (Wildman–Crippen MR) is 105 cm³/mol. The molecule has 6 heteroatoms. The lowest BCUT2D eigenvalue weighted by atomic mass is 9.94. The number of ether oxygens (including phenoxy) is 2. The standard InChI is InChI=1S/C22H31FN2O3/c1-27-21-4-2-3-19(21)20-14-28-12-11-25(20)22(26)24-18-10-7-16(13-18)15-5-8-17(23)9-6-15/h5-6,8-9,16,18-21H,2-4,7,10-14H2,1H3,(H,24,26). The van der Waals surface area contributed by atoms with Gasteiger partial charge in [0, 0.05) is 25.6 Å². The molecule has 1 N–H and O–H groups in total. The molecule has 0 radical (unpaired) electrons. The van der Waals surface area contributed by atoms with E-state index in [1.807, 2.05) is 17.0 Å². The number of urea groups is 1. The van der Waals surface area contributed by atoms with Gasteiger partial charge in [-0.15, -0.1) is 0 Å². The minimum Gasteiger partial charge on any atom is -0.381 e. The van der Waals surface area contributed by atoms with Crippen LogP contribution in [0.4, 0.5) is 9.18 Å². The van der Waals surface area contributed by atoms with Crippen LogP contribution in [0.3, 0.4) is 0 Å². The Balaban J connectivity index is 1.36. The molecule has 3 fully saturated rings. The van der Waals surface area contributed by atoms with Crippen molar-refractivity contribution in [2.45, 2.75) is 62.6 Å². The van der Waals surface area contributed by atoms with Gasteiger partial charge in [0.25, 0.3) is 0 Å². The summed E-state index contributed by atoms with van der Waals surface area (Å²) in [6.45, 7) is 1.83. The average molecular weight is 390 g/mol. The fraction of sp³-hybridized carbons (Fsp3) is 0.682. The molecule has 1 aromatic rings. The van der Waals surface area contributed by atoms with Gasteiger partial charge in [0.1, 0.15) is 5.82 Å². The minimum absolute atomic E-state index is 0.0276. The zero-order valence-corrected chi connectivity index (χ0v) is 16.6. The van der Waals surface area contributed by atoms with Crippen LogP contribution in [-0.4, -0.2) is 56.0 Å². The molecule has 5 nitrogen and oxygen atoms in total. The Morgan fingerprint density at radius 3 is 2.82 bits per heavy atom. The van der Waals surface area contributed by atoms with Crippen molar-refractivity contribution in [3.05, 3.63) is 35.6 Å². The van der Waals surface area contributed by atoms with Gasteiger partial charge in [-0.3, -0.25) is 0 Å². The third-order valence-electron chi connectivity index (χ3n) is 6.83. The molecule has 1 aromatic carbocycles. The summed E-state index contributed by atoms with van der Waals surface area (Å²) >= 11 is 0. The van der Waals surface area contributed by atoms with Crippen molar-refractivity contribution in [3.8, 4) is 0 Å². The van der Waals surface area contributed by atoms with Gasteiger partial charge in [-0.05, 0) is 55.7 Å². The molecule has 154 valence electrons. The number of nitrogens with one attached hydrogen (secondary N) is 1. The molecule has 1 aliphatic heterocycles. The first-order valence-electron chi connectivity index (χ1n) is 10.6. The molecule has 4 rings (SSSR count). The molecule has 3 aliphatic rings. The number of nitrogens with zero attached hydrogens (tertiary/aromatic N) is 1. The van der Waals surface area contributed by atoms with Gasteiger partial charge >= 0.3 is 6.03 Å². The molecule has 0 bridgehead atoms. The summed E-state index contributed by atoms with van der Waals surface area (Å²) in [5.74, 6) is 0.539. The fourth-order valence-corrected chi connectivity index (χ4v) is 5.33. The molecule has 5 atom stereocenters. The van der Waals surface area contributed by atoms with Crippen LogP contribution in [0.15, 0.2) is 24.3 Å². The Morgan fingerprint density at radius 1 is 1.21 bits per heavy atom. The summed E-state index contributed by atoms with van der Waals surface area (Å²) in [7, 11) is 1.77. The van der Waals surface area contributed by atoms with Crippen LogP contribution in [0.2, 0.25) is 0 Å². The van der Waals surface area contributed by atoms with Crippen LogP contribution in [0, 0.1) is 11.7 Å². The first-order chi connectivity index (χ1) is 13.7. The number of methoxy groups -OCH3 is 1. The van der Waals surface area contributed by atoms with E-state index in [1.165, 1.54) is 12.1 Å². The topological polar surface area (TPSA) is 50.8 Å². The Labute approximate surface area is 166 Å². The SMILES string of the molecule is COC1CCCC1C1COCCN1C(=O)NC1CCC(c2ccc(F)cc2)C1. The van der Waals surface area contributed by atoms with Gasteiger partial charge in [0.05, 0.1) is 25.4 Å². The summed E-state index contributed by atoms with van der Waals surface area (Å²) in [5, 5.41) is 3.26. The van der Waals surface area contributed by atoms with Crippen LogP contribution < -0.4 is 5.32 Å². The van der Waals surface area contributed by atoms with Gasteiger partial charge in [-0.25, -0.2) is 9.18 Å². The number of amides is 2. The van der Waals surface area contributed by atoms with Crippen LogP contribution in [-0.2, 0) is 9.47 Å². The number of hydrogen-bond acceptors (Lipinski definition) is 3. The molecule has 0 aromatic heterocycles. The molecule has 1 saturated heterocycles. The lowest BCUT2D eigenvalue weighted by molar-refractivity contribution is -0.0402.